The number of hydrogen-bond acceptors (Lipinski definition) is 3. The SMILES string of the molecule is O=C(NC(=S)Nc1cccc(C(=O)Nc2ccc(F)c(Cl)c2)c1)c1cc(Cl)cc(Cl)c1. The van der Waals surface area contributed by atoms with Crippen LogP contribution in [0.2, 0.25) is 15.1 Å². The fourth-order valence-corrected chi connectivity index (χ4v) is 3.46. The van der Waals surface area contributed by atoms with Crippen LogP contribution < -0.4 is 16.0 Å². The molecule has 0 unspecified atom stereocenters. The standard InChI is InChI=1S/C21H13Cl3FN3O2S/c22-13-6-12(7-14(23)9-13)20(30)28-21(31)27-15-3-1-2-11(8-15)19(29)26-16-4-5-18(25)17(24)10-16/h1-10H,(H,26,29)(H2,27,28,30,31). The van der Waals surface area contributed by atoms with Gasteiger partial charge in [0, 0.05) is 32.5 Å². The summed E-state index contributed by atoms with van der Waals surface area (Å²) in [6, 6.07) is 14.7. The third-order valence-corrected chi connectivity index (χ3v) is 4.84. The molecule has 0 saturated carbocycles. The first-order valence-corrected chi connectivity index (χ1v) is 10.2. The van der Waals surface area contributed by atoms with Gasteiger partial charge in [0.1, 0.15) is 5.82 Å². The Morgan fingerprint density at radius 3 is 2.13 bits per heavy atom. The van der Waals surface area contributed by atoms with Crippen molar-refractivity contribution in [3.8, 4) is 0 Å². The lowest BCUT2D eigenvalue weighted by molar-refractivity contribution is 0.0976. The van der Waals surface area contributed by atoms with Gasteiger partial charge in [0.25, 0.3) is 11.8 Å². The minimum absolute atomic E-state index is 0.0176. The van der Waals surface area contributed by atoms with E-state index in [4.69, 9.17) is 47.0 Å². The smallest absolute Gasteiger partial charge is 0.257 e. The van der Waals surface area contributed by atoms with Crippen LogP contribution in [0.15, 0.2) is 60.7 Å². The zero-order chi connectivity index (χ0) is 22.5. The van der Waals surface area contributed by atoms with Crippen LogP contribution in [0.5, 0.6) is 0 Å². The first-order valence-electron chi connectivity index (χ1n) is 8.66. The molecule has 0 aromatic heterocycles. The molecule has 0 bridgehead atoms. The van der Waals surface area contributed by atoms with Gasteiger partial charge in [0.05, 0.1) is 5.02 Å². The molecule has 158 valence electrons. The summed E-state index contributed by atoms with van der Waals surface area (Å²) in [5.74, 6) is -1.51. The van der Waals surface area contributed by atoms with Crippen LogP contribution in [0, 0.1) is 5.82 Å². The highest BCUT2D eigenvalue weighted by molar-refractivity contribution is 7.80. The van der Waals surface area contributed by atoms with Crippen LogP contribution in [-0.4, -0.2) is 16.9 Å². The monoisotopic (exact) mass is 495 g/mol. The van der Waals surface area contributed by atoms with E-state index < -0.39 is 17.6 Å². The van der Waals surface area contributed by atoms with Crippen LogP contribution in [0.25, 0.3) is 0 Å². The molecule has 3 aromatic rings. The first-order chi connectivity index (χ1) is 14.7. The van der Waals surface area contributed by atoms with E-state index in [2.05, 4.69) is 16.0 Å². The summed E-state index contributed by atoms with van der Waals surface area (Å²) in [5.41, 5.74) is 1.37. The van der Waals surface area contributed by atoms with Gasteiger partial charge in [-0.1, -0.05) is 40.9 Å². The number of benzene rings is 3. The average molecular weight is 497 g/mol. The lowest BCUT2D eigenvalue weighted by Crippen LogP contribution is -2.34. The Bertz CT molecular complexity index is 1170. The number of anilines is 2. The summed E-state index contributed by atoms with van der Waals surface area (Å²) >= 11 is 22.7. The van der Waals surface area contributed by atoms with E-state index in [-0.39, 0.29) is 15.7 Å². The van der Waals surface area contributed by atoms with Crippen LogP contribution in [0.1, 0.15) is 20.7 Å². The lowest BCUT2D eigenvalue weighted by Gasteiger charge is -2.11. The number of rotatable bonds is 4. The molecular weight excluding hydrogens is 484 g/mol. The Kier molecular flexibility index (Phi) is 7.46. The number of carbonyl (C=O) groups excluding carboxylic acids is 2. The summed E-state index contributed by atoms with van der Waals surface area (Å²) < 4.78 is 13.3. The normalized spacial score (nSPS) is 10.3. The fourth-order valence-electron chi connectivity index (χ4n) is 2.54. The van der Waals surface area contributed by atoms with E-state index in [1.165, 1.54) is 36.4 Å². The van der Waals surface area contributed by atoms with Crippen LogP contribution in [0.4, 0.5) is 15.8 Å². The van der Waals surface area contributed by atoms with Gasteiger partial charge in [-0.2, -0.15) is 0 Å². The van der Waals surface area contributed by atoms with Gasteiger partial charge < -0.3 is 10.6 Å². The quantitative estimate of drug-likeness (QED) is 0.378. The van der Waals surface area contributed by atoms with Gasteiger partial charge in [0.2, 0.25) is 0 Å². The predicted molar refractivity (Wildman–Crippen MR) is 126 cm³/mol. The van der Waals surface area contributed by atoms with Crippen molar-refractivity contribution in [2.75, 3.05) is 10.6 Å². The van der Waals surface area contributed by atoms with Crippen LogP contribution >= 0.6 is 47.0 Å². The van der Waals surface area contributed by atoms with Crippen molar-refractivity contribution in [1.82, 2.24) is 5.32 Å². The molecular formula is C21H13Cl3FN3O2S. The van der Waals surface area contributed by atoms with Crippen LogP contribution in [-0.2, 0) is 0 Å². The largest absolute Gasteiger partial charge is 0.332 e. The van der Waals surface area contributed by atoms with Gasteiger partial charge in [-0.05, 0) is 66.8 Å². The van der Waals surface area contributed by atoms with Crippen molar-refractivity contribution < 1.29 is 14.0 Å². The first kappa shape index (κ1) is 23.0. The fraction of sp³-hybridized carbons (Fsp3) is 0. The topological polar surface area (TPSA) is 70.2 Å². The van der Waals surface area contributed by atoms with Gasteiger partial charge in [-0.15, -0.1) is 0 Å². The molecule has 0 saturated heterocycles. The van der Waals surface area contributed by atoms with Gasteiger partial charge in [-0.25, -0.2) is 4.39 Å². The third kappa shape index (κ3) is 6.38. The molecule has 3 aromatic carbocycles. The van der Waals surface area contributed by atoms with Gasteiger partial charge >= 0.3 is 0 Å². The molecule has 0 atom stereocenters. The summed E-state index contributed by atoms with van der Waals surface area (Å²) in [5, 5.41) is 8.52. The van der Waals surface area contributed by atoms with Gasteiger partial charge in [0.15, 0.2) is 5.11 Å². The Labute approximate surface area is 197 Å². The summed E-state index contributed by atoms with van der Waals surface area (Å²) in [4.78, 5) is 24.8. The molecule has 0 aliphatic carbocycles. The molecule has 10 heteroatoms. The van der Waals surface area contributed by atoms with Crippen molar-refractivity contribution in [3.63, 3.8) is 0 Å². The molecule has 5 nitrogen and oxygen atoms in total. The number of nitrogens with one attached hydrogen (secondary N) is 3. The lowest BCUT2D eigenvalue weighted by atomic mass is 10.2. The molecule has 0 spiro atoms. The predicted octanol–water partition coefficient (Wildman–Crippen LogP) is 6.17. The van der Waals surface area contributed by atoms with E-state index in [9.17, 15) is 14.0 Å². The molecule has 2 amide bonds. The maximum Gasteiger partial charge on any atom is 0.257 e. The van der Waals surface area contributed by atoms with Crippen molar-refractivity contribution in [2.24, 2.45) is 0 Å². The Hall–Kier alpha value is -2.71. The van der Waals surface area contributed by atoms with E-state index in [1.807, 2.05) is 0 Å². The third-order valence-electron chi connectivity index (χ3n) is 3.91. The zero-order valence-electron chi connectivity index (χ0n) is 15.5. The number of thiocarbonyl (C=S) groups is 1. The summed E-state index contributed by atoms with van der Waals surface area (Å²) in [6.07, 6.45) is 0. The molecule has 0 aliphatic rings. The molecule has 0 fully saturated rings. The molecule has 0 aliphatic heterocycles. The zero-order valence-corrected chi connectivity index (χ0v) is 18.6. The number of amides is 2. The summed E-state index contributed by atoms with van der Waals surface area (Å²) in [6.45, 7) is 0. The molecule has 31 heavy (non-hydrogen) atoms. The maximum atomic E-state index is 13.3. The number of carbonyl (C=O) groups is 2. The van der Waals surface area contributed by atoms with Crippen molar-refractivity contribution in [2.45, 2.75) is 0 Å². The van der Waals surface area contributed by atoms with Gasteiger partial charge in [-0.3, -0.25) is 14.9 Å². The Balaban J connectivity index is 1.65. The van der Waals surface area contributed by atoms with E-state index >= 15 is 0 Å². The second-order valence-electron chi connectivity index (χ2n) is 6.23. The van der Waals surface area contributed by atoms with Crippen LogP contribution in [0.3, 0.4) is 0 Å². The second kappa shape index (κ2) is 10.1. The number of hydrogen-bond donors (Lipinski definition) is 3. The highest BCUT2D eigenvalue weighted by Gasteiger charge is 2.12. The van der Waals surface area contributed by atoms with Crippen molar-refractivity contribution in [3.05, 3.63) is 92.7 Å². The number of halogens is 4. The van der Waals surface area contributed by atoms with Crippen molar-refractivity contribution >= 4 is 75.3 Å². The van der Waals surface area contributed by atoms with E-state index in [1.54, 1.807) is 18.2 Å². The molecule has 0 heterocycles. The highest BCUT2D eigenvalue weighted by atomic mass is 35.5. The molecule has 3 rings (SSSR count). The minimum atomic E-state index is -0.582. The van der Waals surface area contributed by atoms with Crippen molar-refractivity contribution in [1.29, 1.82) is 0 Å². The van der Waals surface area contributed by atoms with E-state index in [0.29, 0.717) is 27.0 Å². The second-order valence-corrected chi connectivity index (χ2v) is 7.92. The highest BCUT2D eigenvalue weighted by Crippen LogP contribution is 2.21. The Morgan fingerprint density at radius 1 is 0.774 bits per heavy atom. The summed E-state index contributed by atoms with van der Waals surface area (Å²) in [7, 11) is 0. The maximum absolute atomic E-state index is 13.3. The average Bonchev–Trinajstić information content (AvgIpc) is 2.70. The molecule has 0 radical (unpaired) electrons. The minimum Gasteiger partial charge on any atom is -0.332 e. The van der Waals surface area contributed by atoms with E-state index in [0.717, 1.165) is 6.07 Å². The Morgan fingerprint density at radius 2 is 1.45 bits per heavy atom. The molecule has 3 N–H and O–H groups in total.